The van der Waals surface area contributed by atoms with Gasteiger partial charge in [-0.25, -0.2) is 4.98 Å². The van der Waals surface area contributed by atoms with Crippen molar-refractivity contribution in [2.45, 2.75) is 18.9 Å². The average molecular weight is 265 g/mol. The number of H-pyrrole nitrogens is 1. The van der Waals surface area contributed by atoms with E-state index in [-0.39, 0.29) is 29.6 Å². The zero-order chi connectivity index (χ0) is 12.7. The summed E-state index contributed by atoms with van der Waals surface area (Å²) in [5.74, 6) is 0.0857. The monoisotopic (exact) mass is 265 g/mol. The number of aromatic nitrogens is 4. The quantitative estimate of drug-likeness (QED) is 0.605. The van der Waals surface area contributed by atoms with Crippen LogP contribution in [-0.2, 0) is 0 Å². The molecule has 8 heteroatoms. The summed E-state index contributed by atoms with van der Waals surface area (Å²) in [6.07, 6.45) is 5.16. The fourth-order valence-corrected chi connectivity index (χ4v) is 2.32. The highest BCUT2D eigenvalue weighted by atomic mass is 16.3. The van der Waals surface area contributed by atoms with E-state index in [0.717, 1.165) is 18.4 Å². The molecule has 2 aromatic rings. The summed E-state index contributed by atoms with van der Waals surface area (Å²) < 4.78 is 1.85. The molecule has 6 N–H and O–H groups in total. The van der Waals surface area contributed by atoms with Crippen molar-refractivity contribution in [2.75, 3.05) is 12.3 Å². The molecule has 0 saturated carbocycles. The van der Waals surface area contributed by atoms with Crippen LogP contribution in [0.25, 0.3) is 11.2 Å². The van der Waals surface area contributed by atoms with E-state index in [4.69, 9.17) is 10.8 Å². The Balaban J connectivity index is 0.00000133. The third-order valence-electron chi connectivity index (χ3n) is 3.22. The number of aliphatic hydroxyl groups excluding tert-OH is 1. The number of imidazole rings is 1. The Kier molecular flexibility index (Phi) is 3.36. The lowest BCUT2D eigenvalue weighted by molar-refractivity contribution is 0.325. The Hall–Kier alpha value is -2.19. The fraction of sp³-hybridized carbons (Fsp3) is 0.364. The number of allylic oxidation sites excluding steroid dienone is 1. The van der Waals surface area contributed by atoms with Crippen molar-refractivity contribution in [1.82, 2.24) is 19.5 Å². The lowest BCUT2D eigenvalue weighted by atomic mass is 10.2. The van der Waals surface area contributed by atoms with Gasteiger partial charge in [-0.15, -0.1) is 0 Å². The van der Waals surface area contributed by atoms with E-state index in [0.29, 0.717) is 11.2 Å². The van der Waals surface area contributed by atoms with E-state index in [1.54, 1.807) is 6.33 Å². The highest BCUT2D eigenvalue weighted by Gasteiger charge is 2.21. The van der Waals surface area contributed by atoms with Crippen LogP contribution in [0, 0.1) is 0 Å². The van der Waals surface area contributed by atoms with Crippen molar-refractivity contribution >= 4 is 17.1 Å². The first-order valence-corrected chi connectivity index (χ1v) is 5.70. The van der Waals surface area contributed by atoms with Gasteiger partial charge >= 0.3 is 0 Å². The number of nitrogens with zero attached hydrogens (tertiary/aromatic N) is 3. The van der Waals surface area contributed by atoms with Crippen molar-refractivity contribution in [3.63, 3.8) is 0 Å². The standard InChI is InChI=1S/C11H13N5O2.H2O/c12-11-14-9-8(10(18)15-11)13-5-16(9)7-2-1-6(3-7)4-17;/h1,5,7,17H,2-4H2,(H3,12,14,15,18);1H2. The van der Waals surface area contributed by atoms with E-state index in [1.165, 1.54) is 0 Å². The number of aromatic amines is 1. The first-order valence-electron chi connectivity index (χ1n) is 5.70. The normalized spacial score (nSPS) is 18.4. The number of nitrogen functional groups attached to an aromatic ring is 1. The smallest absolute Gasteiger partial charge is 0.280 e. The van der Waals surface area contributed by atoms with Gasteiger partial charge in [0.1, 0.15) is 0 Å². The van der Waals surface area contributed by atoms with Gasteiger partial charge in [0.15, 0.2) is 11.2 Å². The molecular weight excluding hydrogens is 250 g/mol. The molecule has 2 heterocycles. The van der Waals surface area contributed by atoms with Gasteiger partial charge in [-0.05, 0) is 18.4 Å². The highest BCUT2D eigenvalue weighted by molar-refractivity contribution is 5.70. The summed E-state index contributed by atoms with van der Waals surface area (Å²) >= 11 is 0. The lowest BCUT2D eigenvalue weighted by Gasteiger charge is -2.12. The minimum Gasteiger partial charge on any atom is -0.412 e. The number of nitrogens with one attached hydrogen (secondary N) is 1. The van der Waals surface area contributed by atoms with E-state index >= 15 is 0 Å². The molecule has 0 spiro atoms. The van der Waals surface area contributed by atoms with Gasteiger partial charge in [-0.3, -0.25) is 9.78 Å². The Bertz CT molecular complexity index is 687. The molecule has 19 heavy (non-hydrogen) atoms. The second-order valence-corrected chi connectivity index (χ2v) is 4.39. The molecule has 0 bridgehead atoms. The third-order valence-corrected chi connectivity index (χ3v) is 3.22. The minimum atomic E-state index is -0.329. The summed E-state index contributed by atoms with van der Waals surface area (Å²) in [5.41, 5.74) is 7.00. The average Bonchev–Trinajstić information content (AvgIpc) is 2.93. The van der Waals surface area contributed by atoms with Crippen LogP contribution < -0.4 is 11.3 Å². The third kappa shape index (κ3) is 2.11. The number of anilines is 1. The molecule has 0 amide bonds. The SMILES string of the molecule is Nc1nc2c(ncn2C2CC=C(CO)C2)c(=O)[nH]1.O. The maximum atomic E-state index is 11.6. The summed E-state index contributed by atoms with van der Waals surface area (Å²) in [7, 11) is 0. The van der Waals surface area contributed by atoms with Crippen LogP contribution in [0.15, 0.2) is 22.8 Å². The molecule has 0 fully saturated rings. The molecule has 8 nitrogen and oxygen atoms in total. The van der Waals surface area contributed by atoms with E-state index in [1.807, 2.05) is 10.6 Å². The number of aliphatic hydroxyl groups is 1. The molecule has 0 radical (unpaired) electrons. The Morgan fingerprint density at radius 3 is 3.05 bits per heavy atom. The Morgan fingerprint density at radius 2 is 2.37 bits per heavy atom. The van der Waals surface area contributed by atoms with Gasteiger partial charge in [0.25, 0.3) is 5.56 Å². The van der Waals surface area contributed by atoms with Crippen LogP contribution in [-0.4, -0.2) is 36.7 Å². The number of hydrogen-bond donors (Lipinski definition) is 3. The predicted molar refractivity (Wildman–Crippen MR) is 69.6 cm³/mol. The maximum absolute atomic E-state index is 11.6. The molecule has 102 valence electrons. The number of nitrogens with two attached hydrogens (primary N) is 1. The number of hydrogen-bond acceptors (Lipinski definition) is 5. The second kappa shape index (κ2) is 4.82. The maximum Gasteiger partial charge on any atom is 0.280 e. The lowest BCUT2D eigenvalue weighted by Crippen LogP contribution is -2.13. The van der Waals surface area contributed by atoms with Gasteiger partial charge in [0, 0.05) is 6.04 Å². The van der Waals surface area contributed by atoms with Crippen LogP contribution in [0.2, 0.25) is 0 Å². The zero-order valence-electron chi connectivity index (χ0n) is 10.1. The molecule has 1 unspecified atom stereocenters. The molecule has 0 aliphatic heterocycles. The van der Waals surface area contributed by atoms with Gasteiger partial charge in [0.05, 0.1) is 12.9 Å². The summed E-state index contributed by atoms with van der Waals surface area (Å²) in [6.45, 7) is 0.0687. The zero-order valence-corrected chi connectivity index (χ0v) is 10.1. The van der Waals surface area contributed by atoms with Gasteiger partial charge in [-0.1, -0.05) is 6.08 Å². The van der Waals surface area contributed by atoms with Crippen molar-refractivity contribution in [3.8, 4) is 0 Å². The molecular formula is C11H15N5O3. The first-order chi connectivity index (χ1) is 8.69. The largest absolute Gasteiger partial charge is 0.412 e. The van der Waals surface area contributed by atoms with Crippen LogP contribution in [0.5, 0.6) is 0 Å². The summed E-state index contributed by atoms with van der Waals surface area (Å²) in [4.78, 5) is 22.3. The van der Waals surface area contributed by atoms with Crippen LogP contribution >= 0.6 is 0 Å². The van der Waals surface area contributed by atoms with Crippen LogP contribution in [0.1, 0.15) is 18.9 Å². The Labute approximate surface area is 107 Å². The van der Waals surface area contributed by atoms with Crippen LogP contribution in [0.3, 0.4) is 0 Å². The minimum absolute atomic E-state index is 0. The number of rotatable bonds is 2. The molecule has 3 rings (SSSR count). The Morgan fingerprint density at radius 1 is 1.58 bits per heavy atom. The van der Waals surface area contributed by atoms with Crippen molar-refractivity contribution in [3.05, 3.63) is 28.3 Å². The molecule has 1 aliphatic rings. The fourth-order valence-electron chi connectivity index (χ4n) is 2.32. The summed E-state index contributed by atoms with van der Waals surface area (Å²) in [6, 6.07) is 0.144. The predicted octanol–water partition coefficient (Wildman–Crippen LogP) is -0.869. The van der Waals surface area contributed by atoms with Gasteiger partial charge < -0.3 is 20.9 Å². The molecule has 0 saturated heterocycles. The van der Waals surface area contributed by atoms with Gasteiger partial charge in [-0.2, -0.15) is 4.98 Å². The number of fused-ring (bicyclic) bond motifs is 1. The van der Waals surface area contributed by atoms with E-state index in [2.05, 4.69) is 15.0 Å². The molecule has 1 atom stereocenters. The van der Waals surface area contributed by atoms with Gasteiger partial charge in [0.2, 0.25) is 5.95 Å². The highest BCUT2D eigenvalue weighted by Crippen LogP contribution is 2.30. The molecule has 2 aromatic heterocycles. The van der Waals surface area contributed by atoms with Crippen molar-refractivity contribution < 1.29 is 10.6 Å². The second-order valence-electron chi connectivity index (χ2n) is 4.39. The molecule has 0 aromatic carbocycles. The van der Waals surface area contributed by atoms with Crippen LogP contribution in [0.4, 0.5) is 5.95 Å². The van der Waals surface area contributed by atoms with Crippen molar-refractivity contribution in [2.24, 2.45) is 0 Å². The topological polar surface area (TPSA) is 141 Å². The summed E-state index contributed by atoms with van der Waals surface area (Å²) in [5, 5.41) is 9.10. The van der Waals surface area contributed by atoms with Crippen molar-refractivity contribution in [1.29, 1.82) is 0 Å². The first kappa shape index (κ1) is 13.2. The molecule has 1 aliphatic carbocycles. The van der Waals surface area contributed by atoms with E-state index in [9.17, 15) is 4.79 Å². The van der Waals surface area contributed by atoms with E-state index < -0.39 is 0 Å².